The van der Waals surface area contributed by atoms with E-state index in [4.69, 9.17) is 54.1 Å². The van der Waals surface area contributed by atoms with Crippen molar-refractivity contribution in [3.05, 3.63) is 27.2 Å². The number of hydrogen-bond acceptors (Lipinski definition) is 4. The van der Waals surface area contributed by atoms with Crippen LogP contribution in [0.25, 0.3) is 0 Å². The van der Waals surface area contributed by atoms with Crippen LogP contribution in [0.5, 0.6) is 5.75 Å². The van der Waals surface area contributed by atoms with Crippen LogP contribution in [0.2, 0.25) is 15.1 Å². The molecule has 8 heteroatoms. The Morgan fingerprint density at radius 1 is 0.950 bits per heavy atom. The molecule has 20 heavy (non-hydrogen) atoms. The first kappa shape index (κ1) is 17.3. The molecule has 0 radical (unpaired) electrons. The molecule has 0 spiro atoms. The van der Waals surface area contributed by atoms with Crippen LogP contribution in [0.1, 0.15) is 0 Å². The van der Waals surface area contributed by atoms with Crippen LogP contribution < -0.4 is 4.74 Å². The van der Waals surface area contributed by atoms with Crippen LogP contribution >= 0.6 is 34.8 Å². The molecule has 1 rings (SSSR count). The summed E-state index contributed by atoms with van der Waals surface area (Å²) in [5, 5.41) is 9.41. The van der Waals surface area contributed by atoms with Gasteiger partial charge in [-0.15, -0.1) is 0 Å². The predicted molar refractivity (Wildman–Crippen MR) is 76.2 cm³/mol. The molecule has 0 amide bonds. The van der Waals surface area contributed by atoms with Gasteiger partial charge in [0.1, 0.15) is 19.0 Å². The van der Waals surface area contributed by atoms with Crippen molar-refractivity contribution >= 4 is 40.8 Å². The van der Waals surface area contributed by atoms with Crippen molar-refractivity contribution in [1.29, 1.82) is 0 Å². The average Bonchev–Trinajstić information content (AvgIpc) is 2.38. The summed E-state index contributed by atoms with van der Waals surface area (Å²) in [5.41, 5.74) is 0. The lowest BCUT2D eigenvalue weighted by Gasteiger charge is -2.09. The molecule has 0 fully saturated rings. The maximum Gasteiger partial charge on any atom is 0.329 e. The first-order valence-electron chi connectivity index (χ1n) is 5.65. The number of benzene rings is 1. The number of hydrogen-bond donors (Lipinski definition) is 1. The minimum absolute atomic E-state index is 0.208. The van der Waals surface area contributed by atoms with Gasteiger partial charge in [0.15, 0.2) is 0 Å². The van der Waals surface area contributed by atoms with E-state index in [9.17, 15) is 4.79 Å². The Morgan fingerprint density at radius 3 is 2.25 bits per heavy atom. The highest BCUT2D eigenvalue weighted by Gasteiger charge is 2.06. The number of halogens is 3. The summed E-state index contributed by atoms with van der Waals surface area (Å²) in [6, 6.07) is 3.03. The standard InChI is InChI=1S/C12H13Cl3O5/c13-8-5-10(15)11(6-9(8)14)20-4-3-18-1-2-19-7-12(16)17/h5-6H,1-4,7H2,(H,16,17). The summed E-state index contributed by atoms with van der Waals surface area (Å²) in [6.45, 7) is 0.744. The van der Waals surface area contributed by atoms with E-state index < -0.39 is 5.97 Å². The average molecular weight is 344 g/mol. The molecule has 0 aromatic heterocycles. The Balaban J connectivity index is 2.15. The molecule has 0 atom stereocenters. The van der Waals surface area contributed by atoms with Crippen LogP contribution in [-0.4, -0.2) is 44.1 Å². The summed E-state index contributed by atoms with van der Waals surface area (Å²) in [4.78, 5) is 10.2. The molecule has 0 bridgehead atoms. The van der Waals surface area contributed by atoms with Crippen LogP contribution in [0, 0.1) is 0 Å². The van der Waals surface area contributed by atoms with Crippen molar-refractivity contribution in [3.63, 3.8) is 0 Å². The number of carbonyl (C=O) groups is 1. The number of carboxylic acids is 1. The lowest BCUT2D eigenvalue weighted by Crippen LogP contribution is -2.14. The van der Waals surface area contributed by atoms with Crippen molar-refractivity contribution in [2.75, 3.05) is 33.0 Å². The normalized spacial score (nSPS) is 10.6. The van der Waals surface area contributed by atoms with Gasteiger partial charge in [-0.2, -0.15) is 0 Å². The summed E-state index contributed by atoms with van der Waals surface area (Å²) in [7, 11) is 0. The van der Waals surface area contributed by atoms with Crippen molar-refractivity contribution in [3.8, 4) is 5.75 Å². The molecular weight excluding hydrogens is 330 g/mol. The van der Waals surface area contributed by atoms with E-state index in [0.29, 0.717) is 27.4 Å². The highest BCUT2D eigenvalue weighted by molar-refractivity contribution is 6.43. The minimum atomic E-state index is -1.01. The summed E-state index contributed by atoms with van der Waals surface area (Å²) in [5.74, 6) is -0.589. The number of ether oxygens (including phenoxy) is 3. The fraction of sp³-hybridized carbons (Fsp3) is 0.417. The van der Waals surface area contributed by atoms with Gasteiger partial charge in [0.2, 0.25) is 0 Å². The topological polar surface area (TPSA) is 65.0 Å². The molecule has 0 unspecified atom stereocenters. The molecule has 112 valence electrons. The lowest BCUT2D eigenvalue weighted by atomic mass is 10.3. The molecule has 1 aromatic carbocycles. The first-order valence-corrected chi connectivity index (χ1v) is 6.78. The first-order chi connectivity index (χ1) is 9.50. The SMILES string of the molecule is O=C(O)COCCOCCOc1cc(Cl)c(Cl)cc1Cl. The molecule has 0 aliphatic carbocycles. The summed E-state index contributed by atoms with van der Waals surface area (Å²) >= 11 is 17.6. The third-order valence-corrected chi connectivity index (χ3v) is 3.08. The molecule has 0 saturated heterocycles. The van der Waals surface area contributed by atoms with Crippen molar-refractivity contribution in [2.24, 2.45) is 0 Å². The Hall–Kier alpha value is -0.720. The third kappa shape index (κ3) is 6.63. The van der Waals surface area contributed by atoms with E-state index in [1.165, 1.54) is 12.1 Å². The molecule has 0 saturated carbocycles. The summed E-state index contributed by atoms with van der Waals surface area (Å²) in [6.07, 6.45) is 0. The van der Waals surface area contributed by atoms with E-state index in [1.54, 1.807) is 0 Å². The number of rotatable bonds is 9. The Bertz CT molecular complexity index is 453. The van der Waals surface area contributed by atoms with Crippen molar-refractivity contribution < 1.29 is 24.1 Å². The van der Waals surface area contributed by atoms with Crippen LogP contribution in [0.15, 0.2) is 12.1 Å². The Labute approximate surface area is 131 Å². The quantitative estimate of drug-likeness (QED) is 0.551. The highest BCUT2D eigenvalue weighted by Crippen LogP contribution is 2.33. The molecule has 0 heterocycles. The number of aliphatic carboxylic acids is 1. The fourth-order valence-corrected chi connectivity index (χ4v) is 1.80. The number of carboxylic acid groups (broad SMARTS) is 1. The smallest absolute Gasteiger partial charge is 0.329 e. The zero-order valence-corrected chi connectivity index (χ0v) is 12.7. The molecule has 0 aliphatic rings. The predicted octanol–water partition coefficient (Wildman–Crippen LogP) is 3.14. The monoisotopic (exact) mass is 342 g/mol. The van der Waals surface area contributed by atoms with Crippen molar-refractivity contribution in [1.82, 2.24) is 0 Å². The van der Waals surface area contributed by atoms with E-state index in [1.807, 2.05) is 0 Å². The van der Waals surface area contributed by atoms with Crippen LogP contribution in [0.3, 0.4) is 0 Å². The zero-order chi connectivity index (χ0) is 15.0. The van der Waals surface area contributed by atoms with E-state index >= 15 is 0 Å². The van der Waals surface area contributed by atoms with Crippen LogP contribution in [-0.2, 0) is 14.3 Å². The van der Waals surface area contributed by atoms with Gasteiger partial charge in [-0.3, -0.25) is 0 Å². The Kier molecular flexibility index (Phi) is 8.02. The maximum absolute atomic E-state index is 10.2. The maximum atomic E-state index is 10.2. The third-order valence-electron chi connectivity index (χ3n) is 2.06. The molecule has 1 aromatic rings. The Morgan fingerprint density at radius 2 is 1.55 bits per heavy atom. The van der Waals surface area contributed by atoms with Gasteiger partial charge >= 0.3 is 5.97 Å². The van der Waals surface area contributed by atoms with Gasteiger partial charge in [-0.05, 0) is 6.07 Å². The van der Waals surface area contributed by atoms with E-state index in [0.717, 1.165) is 0 Å². The van der Waals surface area contributed by atoms with Crippen molar-refractivity contribution in [2.45, 2.75) is 0 Å². The van der Waals surface area contributed by atoms with Gasteiger partial charge < -0.3 is 19.3 Å². The zero-order valence-electron chi connectivity index (χ0n) is 10.4. The van der Waals surface area contributed by atoms with E-state index in [2.05, 4.69) is 0 Å². The van der Waals surface area contributed by atoms with Gasteiger partial charge in [-0.1, -0.05) is 34.8 Å². The van der Waals surface area contributed by atoms with Gasteiger partial charge in [0, 0.05) is 6.07 Å². The second-order valence-electron chi connectivity index (χ2n) is 3.60. The van der Waals surface area contributed by atoms with Crippen LogP contribution in [0.4, 0.5) is 0 Å². The second-order valence-corrected chi connectivity index (χ2v) is 4.83. The summed E-state index contributed by atoms with van der Waals surface area (Å²) < 4.78 is 15.4. The highest BCUT2D eigenvalue weighted by atomic mass is 35.5. The fourth-order valence-electron chi connectivity index (χ4n) is 1.20. The largest absolute Gasteiger partial charge is 0.490 e. The van der Waals surface area contributed by atoms with Gasteiger partial charge in [0.05, 0.1) is 34.9 Å². The molecule has 1 N–H and O–H groups in total. The molecule has 5 nitrogen and oxygen atoms in total. The van der Waals surface area contributed by atoms with Gasteiger partial charge in [0.25, 0.3) is 0 Å². The van der Waals surface area contributed by atoms with Gasteiger partial charge in [-0.25, -0.2) is 4.79 Å². The lowest BCUT2D eigenvalue weighted by molar-refractivity contribution is -0.142. The minimum Gasteiger partial charge on any atom is -0.490 e. The molecule has 0 aliphatic heterocycles. The molecular formula is C12H13Cl3O5. The second kappa shape index (κ2) is 9.26. The van der Waals surface area contributed by atoms with E-state index in [-0.39, 0.29) is 26.4 Å².